The van der Waals surface area contributed by atoms with Gasteiger partial charge in [0, 0.05) is 7.11 Å². The maximum atomic E-state index is 11.9. The molecule has 9 heteroatoms. The lowest BCUT2D eigenvalue weighted by Gasteiger charge is -2.09. The fraction of sp³-hybridized carbons (Fsp3) is 0.556. The molecule has 0 aliphatic heterocycles. The van der Waals surface area contributed by atoms with Crippen LogP contribution in [0, 0.1) is 3.57 Å². The lowest BCUT2D eigenvalue weighted by Crippen LogP contribution is -2.17. The molecule has 0 aromatic carbocycles. The number of hydrogen-bond acceptors (Lipinski definition) is 4. The Morgan fingerprint density at radius 3 is 2.50 bits per heavy atom. The Balaban J connectivity index is 2.72. The van der Waals surface area contributed by atoms with Crippen molar-refractivity contribution < 1.29 is 22.6 Å². The molecule has 0 radical (unpaired) electrons. The van der Waals surface area contributed by atoms with E-state index in [1.54, 1.807) is 0 Å². The van der Waals surface area contributed by atoms with Crippen LogP contribution in [0.5, 0.6) is 0 Å². The minimum Gasteiger partial charge on any atom is -0.378 e. The average Bonchev–Trinajstić information content (AvgIpc) is 2.23. The zero-order valence-electron chi connectivity index (χ0n) is 9.22. The predicted molar refractivity (Wildman–Crippen MR) is 66.2 cm³/mol. The zero-order valence-corrected chi connectivity index (χ0v) is 12.1. The highest BCUT2D eigenvalue weighted by Crippen LogP contribution is 2.20. The van der Waals surface area contributed by atoms with Crippen molar-refractivity contribution in [2.75, 3.05) is 13.7 Å². The van der Waals surface area contributed by atoms with E-state index in [-0.39, 0.29) is 24.2 Å². The van der Waals surface area contributed by atoms with E-state index < -0.39 is 12.8 Å². The molecule has 0 unspecified atom stereocenters. The number of rotatable bonds is 5. The number of halogens is 5. The molecule has 0 amide bonds. The first-order valence-corrected chi connectivity index (χ1v) is 6.13. The average molecular weight is 397 g/mol. The molecule has 0 atom stereocenters. The van der Waals surface area contributed by atoms with Crippen molar-refractivity contribution in [2.45, 2.75) is 19.4 Å². The number of alkyl halides is 3. The van der Waals surface area contributed by atoms with Crippen molar-refractivity contribution in [3.63, 3.8) is 0 Å². The fourth-order valence-corrected chi connectivity index (χ4v) is 1.67. The summed E-state index contributed by atoms with van der Waals surface area (Å²) in [5, 5.41) is 0.170. The van der Waals surface area contributed by atoms with Gasteiger partial charge in [-0.05, 0) is 22.6 Å². The van der Waals surface area contributed by atoms with Gasteiger partial charge in [0.1, 0.15) is 18.4 Å². The van der Waals surface area contributed by atoms with E-state index in [0.29, 0.717) is 9.26 Å². The molecule has 0 aliphatic rings. The molecule has 0 bridgehead atoms. The summed E-state index contributed by atoms with van der Waals surface area (Å²) in [7, 11) is 1.48. The van der Waals surface area contributed by atoms with Crippen LogP contribution in [-0.2, 0) is 22.7 Å². The van der Waals surface area contributed by atoms with Gasteiger partial charge in [-0.3, -0.25) is 0 Å². The Morgan fingerprint density at radius 2 is 1.94 bits per heavy atom. The molecule has 1 heterocycles. The van der Waals surface area contributed by atoms with Crippen LogP contribution in [-0.4, -0.2) is 29.9 Å². The second kappa shape index (κ2) is 6.83. The van der Waals surface area contributed by atoms with Crippen LogP contribution in [0.1, 0.15) is 11.5 Å². The van der Waals surface area contributed by atoms with Gasteiger partial charge in [0.25, 0.3) is 0 Å². The molecule has 18 heavy (non-hydrogen) atoms. The van der Waals surface area contributed by atoms with E-state index >= 15 is 0 Å². The minimum atomic E-state index is -4.37. The van der Waals surface area contributed by atoms with Crippen LogP contribution < -0.4 is 0 Å². The zero-order chi connectivity index (χ0) is 13.8. The number of nitrogens with zero attached hydrogens (tertiary/aromatic N) is 2. The van der Waals surface area contributed by atoms with E-state index in [0.717, 1.165) is 0 Å². The van der Waals surface area contributed by atoms with Crippen molar-refractivity contribution >= 4 is 34.2 Å². The quantitative estimate of drug-likeness (QED) is 0.567. The maximum Gasteiger partial charge on any atom is 0.411 e. The Labute approximate surface area is 120 Å². The SMILES string of the molecule is COCc1nc(COCC(F)(F)F)nc(Cl)c1I. The van der Waals surface area contributed by atoms with E-state index in [4.69, 9.17) is 16.3 Å². The molecular formula is C9H9ClF3IN2O2. The fourth-order valence-electron chi connectivity index (χ4n) is 1.07. The lowest BCUT2D eigenvalue weighted by molar-refractivity contribution is -0.177. The van der Waals surface area contributed by atoms with Gasteiger partial charge in [-0.25, -0.2) is 9.97 Å². The van der Waals surface area contributed by atoms with Gasteiger partial charge in [-0.1, -0.05) is 11.6 Å². The van der Waals surface area contributed by atoms with Crippen LogP contribution in [0.15, 0.2) is 0 Å². The Morgan fingerprint density at radius 1 is 1.28 bits per heavy atom. The highest BCUT2D eigenvalue weighted by Gasteiger charge is 2.27. The van der Waals surface area contributed by atoms with Crippen LogP contribution in [0.2, 0.25) is 5.15 Å². The molecule has 0 N–H and O–H groups in total. The molecular weight excluding hydrogens is 387 g/mol. The molecule has 4 nitrogen and oxygen atoms in total. The van der Waals surface area contributed by atoms with Gasteiger partial charge in [-0.2, -0.15) is 13.2 Å². The first-order chi connectivity index (χ1) is 8.33. The first-order valence-electron chi connectivity index (χ1n) is 4.67. The molecule has 1 aromatic heterocycles. The van der Waals surface area contributed by atoms with Gasteiger partial charge >= 0.3 is 6.18 Å². The van der Waals surface area contributed by atoms with E-state index in [1.807, 2.05) is 22.6 Å². The monoisotopic (exact) mass is 396 g/mol. The van der Waals surface area contributed by atoms with Gasteiger partial charge < -0.3 is 9.47 Å². The summed E-state index contributed by atoms with van der Waals surface area (Å²) >= 11 is 7.77. The predicted octanol–water partition coefficient (Wildman–Crippen LogP) is 2.96. The van der Waals surface area contributed by atoms with Crippen molar-refractivity contribution in [3.05, 3.63) is 20.2 Å². The van der Waals surface area contributed by atoms with Crippen molar-refractivity contribution in [1.29, 1.82) is 0 Å². The van der Waals surface area contributed by atoms with Crippen molar-refractivity contribution in [2.24, 2.45) is 0 Å². The number of ether oxygens (including phenoxy) is 2. The lowest BCUT2D eigenvalue weighted by atomic mass is 10.4. The summed E-state index contributed by atoms with van der Waals surface area (Å²) in [6.45, 7) is -1.50. The number of aromatic nitrogens is 2. The minimum absolute atomic E-state index is 0.0942. The highest BCUT2D eigenvalue weighted by atomic mass is 127. The smallest absolute Gasteiger partial charge is 0.378 e. The normalized spacial score (nSPS) is 11.9. The second-order valence-corrected chi connectivity index (χ2v) is 4.67. The Hall–Kier alpha value is -0.190. The van der Waals surface area contributed by atoms with Crippen LogP contribution in [0.3, 0.4) is 0 Å². The molecule has 0 saturated carbocycles. The number of methoxy groups -OCH3 is 1. The molecule has 1 aromatic rings. The van der Waals surface area contributed by atoms with Crippen LogP contribution in [0.4, 0.5) is 13.2 Å². The van der Waals surface area contributed by atoms with Gasteiger partial charge in [0.05, 0.1) is 15.9 Å². The van der Waals surface area contributed by atoms with Crippen LogP contribution >= 0.6 is 34.2 Å². The summed E-state index contributed by atoms with van der Waals surface area (Å²) in [5.41, 5.74) is 0.517. The highest BCUT2D eigenvalue weighted by molar-refractivity contribution is 14.1. The third-order valence-electron chi connectivity index (χ3n) is 1.70. The summed E-state index contributed by atoms with van der Waals surface area (Å²) in [5.74, 6) is 0.0942. The molecule has 0 aliphatic carbocycles. The van der Waals surface area contributed by atoms with Crippen molar-refractivity contribution in [3.8, 4) is 0 Å². The topological polar surface area (TPSA) is 44.2 Å². The molecule has 1 rings (SSSR count). The van der Waals surface area contributed by atoms with Gasteiger partial charge in [0.2, 0.25) is 0 Å². The van der Waals surface area contributed by atoms with E-state index in [2.05, 4.69) is 14.7 Å². The summed E-state index contributed by atoms with van der Waals surface area (Å²) in [6, 6.07) is 0. The van der Waals surface area contributed by atoms with Crippen molar-refractivity contribution in [1.82, 2.24) is 9.97 Å². The standard InChI is InChI=1S/C9H9ClF3IN2O2/c1-17-2-5-7(14)8(10)16-6(15-5)3-18-4-9(11,12)13/h2-4H2,1H3. The molecule has 0 spiro atoms. The first kappa shape index (κ1) is 15.9. The molecule has 102 valence electrons. The Kier molecular flexibility index (Phi) is 6.02. The molecule has 0 fully saturated rings. The second-order valence-electron chi connectivity index (χ2n) is 3.23. The molecule has 0 saturated heterocycles. The van der Waals surface area contributed by atoms with Gasteiger partial charge in [0.15, 0.2) is 5.82 Å². The van der Waals surface area contributed by atoms with Gasteiger partial charge in [-0.15, -0.1) is 0 Å². The van der Waals surface area contributed by atoms with E-state index in [1.165, 1.54) is 7.11 Å². The summed E-state index contributed by atoms with van der Waals surface area (Å²) in [4.78, 5) is 7.86. The van der Waals surface area contributed by atoms with E-state index in [9.17, 15) is 13.2 Å². The third-order valence-corrected chi connectivity index (χ3v) is 3.43. The summed E-state index contributed by atoms with van der Waals surface area (Å²) in [6.07, 6.45) is -4.37. The summed E-state index contributed by atoms with van der Waals surface area (Å²) < 4.78 is 45.6. The Bertz CT molecular complexity index is 418. The largest absolute Gasteiger partial charge is 0.411 e. The number of hydrogen-bond donors (Lipinski definition) is 0. The third kappa shape index (κ3) is 5.21. The maximum absolute atomic E-state index is 11.9. The van der Waals surface area contributed by atoms with Crippen LogP contribution in [0.25, 0.3) is 0 Å².